The number of hydrogen-bond acceptors (Lipinski definition) is 5. The van der Waals surface area contributed by atoms with Gasteiger partial charge in [0.05, 0.1) is 12.0 Å². The molecule has 4 aromatic rings. The number of carboxylic acids is 1. The minimum atomic E-state index is -0.985. The lowest BCUT2D eigenvalue weighted by Gasteiger charge is -2.21. The van der Waals surface area contributed by atoms with Crippen molar-refractivity contribution >= 4 is 17.7 Å². The first kappa shape index (κ1) is 24.4. The number of aliphatic carboxylic acids is 1. The molecule has 188 valence electrons. The molecule has 0 saturated heterocycles. The van der Waals surface area contributed by atoms with Gasteiger partial charge in [-0.2, -0.15) is 0 Å². The van der Waals surface area contributed by atoms with Gasteiger partial charge < -0.3 is 9.67 Å². The van der Waals surface area contributed by atoms with Crippen LogP contribution in [0.15, 0.2) is 60.9 Å². The summed E-state index contributed by atoms with van der Waals surface area (Å²) in [7, 11) is 0. The van der Waals surface area contributed by atoms with Gasteiger partial charge in [0.25, 0.3) is 5.91 Å². The molecule has 1 amide bonds. The molecule has 5 rings (SSSR count). The Kier molecular flexibility index (Phi) is 5.90. The van der Waals surface area contributed by atoms with E-state index in [9.17, 15) is 14.7 Å². The molecule has 0 radical (unpaired) electrons. The van der Waals surface area contributed by atoms with Crippen molar-refractivity contribution in [2.75, 3.05) is 4.90 Å². The summed E-state index contributed by atoms with van der Waals surface area (Å²) in [4.78, 5) is 31.6. The number of rotatable bonds is 6. The van der Waals surface area contributed by atoms with Gasteiger partial charge in [0.1, 0.15) is 17.8 Å². The summed E-state index contributed by atoms with van der Waals surface area (Å²) < 4.78 is 1.95. The largest absolute Gasteiger partial charge is 0.481 e. The number of pyridine rings is 1. The zero-order valence-electron chi connectivity index (χ0n) is 21.6. The Morgan fingerprint density at radius 3 is 2.54 bits per heavy atom. The van der Waals surface area contributed by atoms with Gasteiger partial charge in [0, 0.05) is 11.6 Å². The molecule has 0 aliphatic carbocycles. The molecule has 1 aliphatic heterocycles. The summed E-state index contributed by atoms with van der Waals surface area (Å²) >= 11 is 0. The van der Waals surface area contributed by atoms with Gasteiger partial charge >= 0.3 is 5.97 Å². The molecule has 0 spiro atoms. The third kappa shape index (κ3) is 4.18. The average Bonchev–Trinajstić information content (AvgIpc) is 3.49. The van der Waals surface area contributed by atoms with E-state index in [4.69, 9.17) is 4.98 Å². The van der Waals surface area contributed by atoms with Crippen molar-refractivity contribution in [3.05, 3.63) is 83.2 Å². The lowest BCUT2D eigenvalue weighted by molar-refractivity contribution is -0.142. The van der Waals surface area contributed by atoms with Crippen LogP contribution in [0, 0.1) is 6.92 Å². The van der Waals surface area contributed by atoms with Crippen molar-refractivity contribution in [1.29, 1.82) is 0 Å². The molecule has 8 heteroatoms. The van der Waals surface area contributed by atoms with Crippen LogP contribution in [0.3, 0.4) is 0 Å². The van der Waals surface area contributed by atoms with Gasteiger partial charge in [0.2, 0.25) is 0 Å². The van der Waals surface area contributed by atoms with Gasteiger partial charge in [-0.3, -0.25) is 14.5 Å². The Labute approximate surface area is 215 Å². The molecule has 3 heterocycles. The predicted octanol–water partition coefficient (Wildman–Crippen LogP) is 5.42. The first-order chi connectivity index (χ1) is 17.6. The van der Waals surface area contributed by atoms with Gasteiger partial charge in [-0.15, -0.1) is 10.2 Å². The molecule has 37 heavy (non-hydrogen) atoms. The van der Waals surface area contributed by atoms with Gasteiger partial charge in [-0.05, 0) is 80.6 Å². The summed E-state index contributed by atoms with van der Waals surface area (Å²) in [5.74, 6) is 0.251. The number of amides is 1. The molecule has 1 N–H and O–H groups in total. The standard InChI is InChI=1S/C29H29N5O3/c1-17(2)34-16-30-32-26(34)24-7-6-8-25(31-24)33-15-20-10-9-19(14-23(20)27(33)35)22-12-11-21(13-18(22)3)29(4,5)28(36)37/h6-14,16-17H,15H2,1-5H3,(H,36,37). The van der Waals surface area contributed by atoms with Crippen LogP contribution < -0.4 is 4.90 Å². The predicted molar refractivity (Wildman–Crippen MR) is 141 cm³/mol. The van der Waals surface area contributed by atoms with Crippen molar-refractivity contribution in [3.8, 4) is 22.6 Å². The number of nitrogens with zero attached hydrogens (tertiary/aromatic N) is 5. The molecule has 0 unspecified atom stereocenters. The smallest absolute Gasteiger partial charge is 0.313 e. The van der Waals surface area contributed by atoms with E-state index in [1.807, 2.05) is 66.1 Å². The number of anilines is 1. The normalized spacial score (nSPS) is 13.4. The lowest BCUT2D eigenvalue weighted by Crippen LogP contribution is -2.28. The minimum Gasteiger partial charge on any atom is -0.481 e. The molecule has 8 nitrogen and oxygen atoms in total. The number of carbonyl (C=O) groups is 2. The number of aryl methyl sites for hydroxylation is 1. The van der Waals surface area contributed by atoms with Gasteiger partial charge in [-0.25, -0.2) is 4.98 Å². The molecule has 0 fully saturated rings. The average molecular weight is 496 g/mol. The highest BCUT2D eigenvalue weighted by atomic mass is 16.4. The Morgan fingerprint density at radius 1 is 1.05 bits per heavy atom. The maximum atomic E-state index is 13.5. The highest BCUT2D eigenvalue weighted by Gasteiger charge is 2.31. The molecule has 2 aromatic carbocycles. The third-order valence-corrected chi connectivity index (χ3v) is 7.08. The van der Waals surface area contributed by atoms with E-state index in [0.29, 0.717) is 29.4 Å². The second-order valence-corrected chi connectivity index (χ2v) is 10.3. The fourth-order valence-electron chi connectivity index (χ4n) is 4.66. The van der Waals surface area contributed by atoms with Crippen LogP contribution in [0.5, 0.6) is 0 Å². The topological polar surface area (TPSA) is 101 Å². The lowest BCUT2D eigenvalue weighted by atomic mass is 9.82. The molecule has 0 atom stereocenters. The van der Waals surface area contributed by atoms with E-state index in [-0.39, 0.29) is 11.9 Å². The molecule has 0 saturated carbocycles. The van der Waals surface area contributed by atoms with Crippen LogP contribution in [0.4, 0.5) is 5.82 Å². The monoisotopic (exact) mass is 495 g/mol. The van der Waals surface area contributed by atoms with E-state index in [1.54, 1.807) is 25.1 Å². The minimum absolute atomic E-state index is 0.104. The van der Waals surface area contributed by atoms with E-state index >= 15 is 0 Å². The quantitative estimate of drug-likeness (QED) is 0.383. The number of carbonyl (C=O) groups excluding carboxylic acids is 1. The summed E-state index contributed by atoms with van der Waals surface area (Å²) in [5, 5.41) is 17.8. The van der Waals surface area contributed by atoms with Crippen LogP contribution in [-0.4, -0.2) is 36.7 Å². The van der Waals surface area contributed by atoms with Crippen molar-refractivity contribution in [2.45, 2.75) is 52.6 Å². The zero-order chi connectivity index (χ0) is 26.5. The van der Waals surface area contributed by atoms with Crippen LogP contribution in [0.25, 0.3) is 22.6 Å². The second kappa shape index (κ2) is 8.96. The maximum Gasteiger partial charge on any atom is 0.313 e. The number of carboxylic acid groups (broad SMARTS) is 1. The second-order valence-electron chi connectivity index (χ2n) is 10.3. The van der Waals surface area contributed by atoms with E-state index < -0.39 is 11.4 Å². The number of benzene rings is 2. The van der Waals surface area contributed by atoms with Crippen molar-refractivity contribution in [3.63, 3.8) is 0 Å². The summed E-state index contributed by atoms with van der Waals surface area (Å²) in [6.07, 6.45) is 1.68. The highest BCUT2D eigenvalue weighted by Crippen LogP contribution is 2.34. The van der Waals surface area contributed by atoms with E-state index in [1.165, 1.54) is 0 Å². The van der Waals surface area contributed by atoms with Gasteiger partial charge in [-0.1, -0.05) is 36.4 Å². The van der Waals surface area contributed by atoms with Crippen LogP contribution in [0.1, 0.15) is 60.8 Å². The molecular formula is C29H29N5O3. The Hall–Kier alpha value is -4.33. The fourth-order valence-corrected chi connectivity index (χ4v) is 4.66. The number of hydrogen-bond donors (Lipinski definition) is 1. The highest BCUT2D eigenvalue weighted by molar-refractivity contribution is 6.10. The molecule has 1 aliphatic rings. The van der Waals surface area contributed by atoms with Crippen LogP contribution in [0.2, 0.25) is 0 Å². The summed E-state index contributed by atoms with van der Waals surface area (Å²) in [5.41, 5.74) is 4.83. The van der Waals surface area contributed by atoms with E-state index in [0.717, 1.165) is 27.8 Å². The fraction of sp³-hybridized carbons (Fsp3) is 0.276. The molecular weight excluding hydrogens is 466 g/mol. The first-order valence-electron chi connectivity index (χ1n) is 12.2. The summed E-state index contributed by atoms with van der Waals surface area (Å²) in [6.45, 7) is 9.90. The summed E-state index contributed by atoms with van der Waals surface area (Å²) in [6, 6.07) is 17.4. The van der Waals surface area contributed by atoms with Crippen LogP contribution in [-0.2, 0) is 16.8 Å². The van der Waals surface area contributed by atoms with Crippen molar-refractivity contribution < 1.29 is 14.7 Å². The van der Waals surface area contributed by atoms with E-state index in [2.05, 4.69) is 24.0 Å². The number of aromatic nitrogens is 4. The maximum absolute atomic E-state index is 13.5. The zero-order valence-corrected chi connectivity index (χ0v) is 21.6. The SMILES string of the molecule is Cc1cc(C(C)(C)C(=O)O)ccc1-c1ccc2c(c1)C(=O)N(c1cccc(-c3nncn3C(C)C)n1)C2. The Bertz CT molecular complexity index is 1540. The third-order valence-electron chi connectivity index (χ3n) is 7.08. The number of fused-ring (bicyclic) bond motifs is 1. The van der Waals surface area contributed by atoms with Crippen molar-refractivity contribution in [1.82, 2.24) is 19.7 Å². The Morgan fingerprint density at radius 2 is 1.84 bits per heavy atom. The molecule has 2 aromatic heterocycles. The molecule has 0 bridgehead atoms. The first-order valence-corrected chi connectivity index (χ1v) is 12.2. The van der Waals surface area contributed by atoms with Gasteiger partial charge in [0.15, 0.2) is 5.82 Å². The Balaban J connectivity index is 1.45. The van der Waals surface area contributed by atoms with Crippen molar-refractivity contribution in [2.24, 2.45) is 0 Å². The van der Waals surface area contributed by atoms with Crippen LogP contribution >= 0.6 is 0 Å².